The molecule has 0 heterocycles. The van der Waals surface area contributed by atoms with Crippen molar-refractivity contribution in [1.29, 1.82) is 0 Å². The van der Waals surface area contributed by atoms with Gasteiger partial charge in [-0.15, -0.1) is 0 Å². The van der Waals surface area contributed by atoms with Crippen molar-refractivity contribution in [3.8, 4) is 0 Å². The third-order valence-corrected chi connectivity index (χ3v) is 0.397. The molecule has 0 amide bonds. The molecule has 0 spiro atoms. The summed E-state index contributed by atoms with van der Waals surface area (Å²) in [5.41, 5.74) is 0. The van der Waals surface area contributed by atoms with Crippen molar-refractivity contribution in [2.45, 2.75) is 6.92 Å². The molecule has 0 saturated heterocycles. The summed E-state index contributed by atoms with van der Waals surface area (Å²) >= 11 is 0. The molecule has 0 saturated carbocycles. The van der Waals surface area contributed by atoms with Gasteiger partial charge in [0.15, 0.2) is 0 Å². The fraction of sp³-hybridized carbons (Fsp3) is 0.750. The Bertz CT molecular complexity index is 66.8. The zero-order chi connectivity index (χ0) is 5.70. The van der Waals surface area contributed by atoms with E-state index in [0.717, 1.165) is 0 Å². The van der Waals surface area contributed by atoms with Gasteiger partial charge in [-0.25, -0.2) is 0 Å². The third kappa shape index (κ3) is 17.7. The van der Waals surface area contributed by atoms with Crippen LogP contribution in [0.4, 0.5) is 0 Å². The van der Waals surface area contributed by atoms with E-state index in [-0.39, 0.29) is 78.3 Å². The number of rotatable bonds is 2. The fourth-order valence-electron chi connectivity index (χ4n) is 0.189. The summed E-state index contributed by atoms with van der Waals surface area (Å²) < 4.78 is 4.30. The maximum atomic E-state index is 9.87. The first-order valence-electron chi connectivity index (χ1n) is 2.01. The Balaban J connectivity index is -0.000000180. The van der Waals surface area contributed by atoms with Gasteiger partial charge in [-0.3, -0.25) is 4.79 Å². The molecule has 5 heteroatoms. The van der Waals surface area contributed by atoms with Crippen LogP contribution in [0.2, 0.25) is 0 Å². The van der Waals surface area contributed by atoms with Gasteiger partial charge in [0.25, 0.3) is 0 Å². The third-order valence-electron chi connectivity index (χ3n) is 0.397. The van der Waals surface area contributed by atoms with E-state index in [1.165, 1.54) is 6.92 Å². The molecular weight excluding hydrogens is 142 g/mol. The molecule has 0 fully saturated rings. The van der Waals surface area contributed by atoms with E-state index in [0.29, 0.717) is 0 Å². The maximum Gasteiger partial charge on any atom is 0.302 e. The molecule has 0 aromatic heterocycles. The minimum Gasteiger partial charge on any atom is -0.463 e. The normalized spacial score (nSPS) is 6.44. The van der Waals surface area contributed by atoms with Crippen LogP contribution >= 0.6 is 0 Å². The minimum absolute atomic E-state index is 0. The monoisotopic (exact) mass is 150 g/mol. The second-order valence-electron chi connectivity index (χ2n) is 1.06. The first-order chi connectivity index (χ1) is 3.27. The van der Waals surface area contributed by atoms with E-state index in [9.17, 15) is 4.79 Å². The van der Waals surface area contributed by atoms with Gasteiger partial charge >= 0.3 is 5.97 Å². The number of aliphatic hydroxyl groups is 1. The van der Waals surface area contributed by atoms with E-state index < -0.39 is 0 Å². The summed E-state index contributed by atoms with van der Waals surface area (Å²) in [6.07, 6.45) is 0. The molecule has 0 aliphatic heterocycles. The summed E-state index contributed by atoms with van der Waals surface area (Å²) in [6, 6.07) is 0. The number of hydrogen-bond acceptors (Lipinski definition) is 3. The Morgan fingerprint density at radius 2 is 2.00 bits per heavy atom. The quantitative estimate of drug-likeness (QED) is 0.396. The Morgan fingerprint density at radius 1 is 1.56 bits per heavy atom. The Morgan fingerprint density at radius 3 is 2.11 bits per heavy atom. The van der Waals surface area contributed by atoms with Crippen molar-refractivity contribution >= 4 is 65.1 Å². The van der Waals surface area contributed by atoms with Crippen LogP contribution in [-0.4, -0.2) is 83.4 Å². The summed E-state index contributed by atoms with van der Waals surface area (Å²) in [6.45, 7) is 1.31. The van der Waals surface area contributed by atoms with Crippen LogP contribution in [0.1, 0.15) is 6.92 Å². The first-order valence-corrected chi connectivity index (χ1v) is 2.01. The molecule has 0 aliphatic rings. The fourth-order valence-corrected chi connectivity index (χ4v) is 0.189. The Kier molecular flexibility index (Phi) is 22.7. The van der Waals surface area contributed by atoms with E-state index in [1.807, 2.05) is 0 Å². The molecule has 0 aromatic carbocycles. The van der Waals surface area contributed by atoms with Crippen molar-refractivity contribution < 1.29 is 14.6 Å². The van der Waals surface area contributed by atoms with E-state index in [1.54, 1.807) is 0 Å². The minimum atomic E-state index is -0.353. The molecule has 44 valence electrons. The van der Waals surface area contributed by atoms with Crippen molar-refractivity contribution in [2.75, 3.05) is 13.2 Å². The van der Waals surface area contributed by atoms with Crippen LogP contribution < -0.4 is 0 Å². The standard InChI is InChI=1S/C4H8O3.2Na/c1-4(6)7-3-2-5;;/h5H,2-3H2,1H3;;. The van der Waals surface area contributed by atoms with Gasteiger partial charge in [0.05, 0.1) is 6.61 Å². The van der Waals surface area contributed by atoms with Crippen LogP contribution in [0.15, 0.2) is 0 Å². The molecule has 0 aromatic rings. The van der Waals surface area contributed by atoms with E-state index in [2.05, 4.69) is 4.74 Å². The Hall–Kier alpha value is 1.43. The van der Waals surface area contributed by atoms with Gasteiger partial charge in [-0.05, 0) is 0 Å². The molecular formula is C4H8Na2O3. The van der Waals surface area contributed by atoms with Gasteiger partial charge in [0.1, 0.15) is 6.61 Å². The van der Waals surface area contributed by atoms with Gasteiger partial charge < -0.3 is 9.84 Å². The number of carbonyl (C=O) groups is 1. The van der Waals surface area contributed by atoms with Crippen molar-refractivity contribution in [3.05, 3.63) is 0 Å². The molecule has 0 rings (SSSR count). The zero-order valence-corrected chi connectivity index (χ0v) is 10.2. The van der Waals surface area contributed by atoms with E-state index >= 15 is 0 Å². The van der Waals surface area contributed by atoms with E-state index in [4.69, 9.17) is 5.11 Å². The maximum absolute atomic E-state index is 9.87. The van der Waals surface area contributed by atoms with Gasteiger partial charge in [0.2, 0.25) is 0 Å². The molecule has 3 nitrogen and oxygen atoms in total. The second-order valence-corrected chi connectivity index (χ2v) is 1.06. The number of carbonyl (C=O) groups excluding carboxylic acids is 1. The summed E-state index contributed by atoms with van der Waals surface area (Å²) in [5.74, 6) is -0.353. The molecule has 0 unspecified atom stereocenters. The van der Waals surface area contributed by atoms with Crippen LogP contribution in [0.25, 0.3) is 0 Å². The summed E-state index contributed by atoms with van der Waals surface area (Å²) in [4.78, 5) is 9.87. The van der Waals surface area contributed by atoms with Gasteiger partial charge in [0, 0.05) is 66.0 Å². The van der Waals surface area contributed by atoms with Crippen molar-refractivity contribution in [3.63, 3.8) is 0 Å². The topological polar surface area (TPSA) is 46.5 Å². The molecule has 0 atom stereocenters. The number of esters is 1. The summed E-state index contributed by atoms with van der Waals surface area (Å²) in [5, 5.41) is 8.04. The van der Waals surface area contributed by atoms with Crippen LogP contribution in [0.3, 0.4) is 0 Å². The zero-order valence-electron chi connectivity index (χ0n) is 6.18. The number of ether oxygens (including phenoxy) is 1. The average Bonchev–Trinajstić information content (AvgIpc) is 1.61. The second kappa shape index (κ2) is 12.1. The Labute approximate surface area is 98.7 Å². The van der Waals surface area contributed by atoms with Crippen LogP contribution in [0, 0.1) is 0 Å². The van der Waals surface area contributed by atoms with Gasteiger partial charge in [-0.1, -0.05) is 0 Å². The largest absolute Gasteiger partial charge is 0.463 e. The van der Waals surface area contributed by atoms with Crippen molar-refractivity contribution in [1.82, 2.24) is 0 Å². The number of hydrogen-bond donors (Lipinski definition) is 1. The predicted octanol–water partition coefficient (Wildman–Crippen LogP) is -1.22. The molecule has 1 N–H and O–H groups in total. The molecule has 9 heavy (non-hydrogen) atoms. The van der Waals surface area contributed by atoms with Crippen molar-refractivity contribution in [2.24, 2.45) is 0 Å². The van der Waals surface area contributed by atoms with Crippen LogP contribution in [-0.2, 0) is 9.53 Å². The SMILES string of the molecule is CC(=O)OCCO.[Na].[Na]. The predicted molar refractivity (Wildman–Crippen MR) is 35.2 cm³/mol. The number of aliphatic hydroxyl groups excluding tert-OH is 1. The van der Waals surface area contributed by atoms with Gasteiger partial charge in [-0.2, -0.15) is 0 Å². The first kappa shape index (κ1) is 16.8. The average molecular weight is 150 g/mol. The van der Waals surface area contributed by atoms with Crippen LogP contribution in [0.5, 0.6) is 0 Å². The molecule has 0 aliphatic carbocycles. The molecule has 2 radical (unpaired) electrons. The molecule has 0 bridgehead atoms. The smallest absolute Gasteiger partial charge is 0.302 e. The summed E-state index contributed by atoms with van der Waals surface area (Å²) in [7, 11) is 0.